The van der Waals surface area contributed by atoms with Crippen LogP contribution in [0, 0.1) is 11.8 Å². The normalized spacial score (nSPS) is 23.5. The molecule has 1 fully saturated rings. The van der Waals surface area contributed by atoms with E-state index in [1.165, 1.54) is 0 Å². The van der Waals surface area contributed by atoms with Crippen molar-refractivity contribution >= 4 is 0 Å². The molecule has 0 aliphatic carbocycles. The summed E-state index contributed by atoms with van der Waals surface area (Å²) in [7, 11) is 1.78. The van der Waals surface area contributed by atoms with Crippen LogP contribution in [0.5, 0.6) is 0 Å². The van der Waals surface area contributed by atoms with E-state index in [1.54, 1.807) is 7.11 Å². The Kier molecular flexibility index (Phi) is 11.0. The summed E-state index contributed by atoms with van der Waals surface area (Å²) in [6, 6.07) is 0. The van der Waals surface area contributed by atoms with Crippen LogP contribution >= 0.6 is 0 Å². The lowest BCUT2D eigenvalue weighted by Gasteiger charge is -2.37. The van der Waals surface area contributed by atoms with Crippen molar-refractivity contribution in [2.24, 2.45) is 11.8 Å². The van der Waals surface area contributed by atoms with E-state index in [4.69, 9.17) is 18.9 Å². The minimum atomic E-state index is -0.206. The zero-order valence-electron chi connectivity index (χ0n) is 20.2. The molecule has 1 aliphatic rings. The molecule has 0 N–H and O–H groups in total. The summed E-state index contributed by atoms with van der Waals surface area (Å²) in [4.78, 5) is 0. The molecule has 1 saturated heterocycles. The van der Waals surface area contributed by atoms with Crippen LogP contribution < -0.4 is 0 Å². The zero-order chi connectivity index (χ0) is 21.4. The third-order valence-corrected chi connectivity index (χ3v) is 6.15. The van der Waals surface area contributed by atoms with Crippen LogP contribution in [0.1, 0.15) is 93.9 Å². The van der Waals surface area contributed by atoms with E-state index in [9.17, 15) is 0 Å². The Balaban J connectivity index is 2.42. The molecule has 1 heterocycles. The molecule has 0 spiro atoms. The first-order chi connectivity index (χ1) is 13.1. The van der Waals surface area contributed by atoms with Gasteiger partial charge in [-0.05, 0) is 65.7 Å². The quantitative estimate of drug-likeness (QED) is 0.297. The predicted octanol–water partition coefficient (Wildman–Crippen LogP) is 6.01. The maximum atomic E-state index is 6.38. The fourth-order valence-electron chi connectivity index (χ4n) is 4.16. The van der Waals surface area contributed by atoms with E-state index < -0.39 is 0 Å². The van der Waals surface area contributed by atoms with Gasteiger partial charge >= 0.3 is 0 Å². The molecule has 4 nitrogen and oxygen atoms in total. The molecular formula is C24H48O4. The number of hydrogen-bond donors (Lipinski definition) is 0. The van der Waals surface area contributed by atoms with Crippen molar-refractivity contribution in [1.82, 2.24) is 0 Å². The molecule has 28 heavy (non-hydrogen) atoms. The number of epoxide rings is 1. The Morgan fingerprint density at radius 1 is 0.857 bits per heavy atom. The highest BCUT2D eigenvalue weighted by atomic mass is 16.6. The van der Waals surface area contributed by atoms with Crippen molar-refractivity contribution in [2.45, 2.75) is 123 Å². The summed E-state index contributed by atoms with van der Waals surface area (Å²) in [6.45, 7) is 19.2. The standard InChI is InChI=1S/C24H48O4/c1-10-19(13-18(4)25-9)15-26-23(5,6)17-24(7,8)27-16-20(11-2)14-22-21(12-3)28-22/h18-22H,10-17H2,1-9H3. The molecule has 4 heteroatoms. The van der Waals surface area contributed by atoms with Gasteiger partial charge in [0.05, 0.1) is 42.7 Å². The summed E-state index contributed by atoms with van der Waals surface area (Å²) in [6.07, 6.45) is 7.66. The second-order valence-electron chi connectivity index (χ2n) is 10.0. The largest absolute Gasteiger partial charge is 0.382 e. The van der Waals surface area contributed by atoms with E-state index in [0.29, 0.717) is 24.0 Å². The van der Waals surface area contributed by atoms with Gasteiger partial charge in [-0.25, -0.2) is 0 Å². The highest BCUT2D eigenvalue weighted by Crippen LogP contribution is 2.33. The predicted molar refractivity (Wildman–Crippen MR) is 117 cm³/mol. The Morgan fingerprint density at radius 2 is 1.39 bits per heavy atom. The second kappa shape index (κ2) is 11.9. The van der Waals surface area contributed by atoms with Gasteiger partial charge in [0.25, 0.3) is 0 Å². The molecule has 168 valence electrons. The number of hydrogen-bond acceptors (Lipinski definition) is 4. The van der Waals surface area contributed by atoms with Gasteiger partial charge in [0.2, 0.25) is 0 Å². The third-order valence-electron chi connectivity index (χ3n) is 6.15. The lowest BCUT2D eigenvalue weighted by molar-refractivity contribution is -0.116. The third kappa shape index (κ3) is 10.0. The molecule has 0 aromatic heterocycles. The Bertz CT molecular complexity index is 421. The van der Waals surface area contributed by atoms with Crippen molar-refractivity contribution in [3.05, 3.63) is 0 Å². The van der Waals surface area contributed by atoms with E-state index >= 15 is 0 Å². The van der Waals surface area contributed by atoms with Crippen LogP contribution in [-0.4, -0.2) is 49.8 Å². The minimum Gasteiger partial charge on any atom is -0.382 e. The van der Waals surface area contributed by atoms with Crippen molar-refractivity contribution in [3.8, 4) is 0 Å². The molecular weight excluding hydrogens is 352 g/mol. The molecule has 5 atom stereocenters. The van der Waals surface area contributed by atoms with Gasteiger partial charge in [-0.15, -0.1) is 0 Å². The van der Waals surface area contributed by atoms with Gasteiger partial charge in [-0.2, -0.15) is 0 Å². The number of rotatable bonds is 16. The lowest BCUT2D eigenvalue weighted by atomic mass is 9.91. The van der Waals surface area contributed by atoms with Crippen molar-refractivity contribution in [2.75, 3.05) is 20.3 Å². The van der Waals surface area contributed by atoms with Gasteiger partial charge in [-0.3, -0.25) is 0 Å². The van der Waals surface area contributed by atoms with Crippen molar-refractivity contribution < 1.29 is 18.9 Å². The molecule has 0 aromatic rings. The fraction of sp³-hybridized carbons (Fsp3) is 1.00. The van der Waals surface area contributed by atoms with Crippen molar-refractivity contribution in [3.63, 3.8) is 0 Å². The molecule has 0 aromatic carbocycles. The molecule has 0 bridgehead atoms. The van der Waals surface area contributed by atoms with Gasteiger partial charge in [0.15, 0.2) is 0 Å². The van der Waals surface area contributed by atoms with Gasteiger partial charge in [0, 0.05) is 13.5 Å². The monoisotopic (exact) mass is 400 g/mol. The maximum Gasteiger partial charge on any atom is 0.0845 e. The smallest absolute Gasteiger partial charge is 0.0845 e. The zero-order valence-corrected chi connectivity index (χ0v) is 20.2. The minimum absolute atomic E-state index is 0.201. The average molecular weight is 401 g/mol. The Morgan fingerprint density at radius 3 is 1.82 bits per heavy atom. The van der Waals surface area contributed by atoms with Gasteiger partial charge < -0.3 is 18.9 Å². The second-order valence-corrected chi connectivity index (χ2v) is 10.0. The Labute approximate surface area is 175 Å². The lowest BCUT2D eigenvalue weighted by Crippen LogP contribution is -2.39. The van der Waals surface area contributed by atoms with Crippen LogP contribution in [0.3, 0.4) is 0 Å². The van der Waals surface area contributed by atoms with Crippen LogP contribution in [-0.2, 0) is 18.9 Å². The van der Waals surface area contributed by atoms with E-state index in [0.717, 1.165) is 51.7 Å². The van der Waals surface area contributed by atoms with Crippen LogP contribution in [0.2, 0.25) is 0 Å². The first kappa shape index (κ1) is 25.9. The molecule has 1 aliphatic heterocycles. The molecule has 5 unspecified atom stereocenters. The highest BCUT2D eigenvalue weighted by Gasteiger charge is 2.38. The molecule has 0 saturated carbocycles. The van der Waals surface area contributed by atoms with Gasteiger partial charge in [-0.1, -0.05) is 33.6 Å². The molecule has 0 radical (unpaired) electrons. The SMILES string of the molecule is CCC(COC(C)(C)CC(C)(C)OCC(CC)CC1OC1CC)CC(C)OC. The summed E-state index contributed by atoms with van der Waals surface area (Å²) in [5.41, 5.74) is -0.408. The molecule has 1 rings (SSSR count). The molecule has 0 amide bonds. The van der Waals surface area contributed by atoms with E-state index in [-0.39, 0.29) is 17.3 Å². The summed E-state index contributed by atoms with van der Waals surface area (Å²) >= 11 is 0. The van der Waals surface area contributed by atoms with Gasteiger partial charge in [0.1, 0.15) is 0 Å². The van der Waals surface area contributed by atoms with Crippen LogP contribution in [0.25, 0.3) is 0 Å². The number of methoxy groups -OCH3 is 1. The van der Waals surface area contributed by atoms with Crippen molar-refractivity contribution in [1.29, 1.82) is 0 Å². The van der Waals surface area contributed by atoms with E-state index in [2.05, 4.69) is 55.4 Å². The first-order valence-electron chi connectivity index (χ1n) is 11.5. The number of ether oxygens (including phenoxy) is 4. The Hall–Kier alpha value is -0.160. The highest BCUT2D eigenvalue weighted by molar-refractivity contribution is 4.86. The summed E-state index contributed by atoms with van der Waals surface area (Å²) < 4.78 is 23.9. The topological polar surface area (TPSA) is 40.2 Å². The first-order valence-corrected chi connectivity index (χ1v) is 11.5. The van der Waals surface area contributed by atoms with Crippen LogP contribution in [0.4, 0.5) is 0 Å². The van der Waals surface area contributed by atoms with E-state index in [1.807, 2.05) is 0 Å². The average Bonchev–Trinajstić information content (AvgIpc) is 3.39. The summed E-state index contributed by atoms with van der Waals surface area (Å²) in [5, 5.41) is 0. The maximum absolute atomic E-state index is 6.38. The summed E-state index contributed by atoms with van der Waals surface area (Å²) in [5.74, 6) is 1.11. The fourth-order valence-corrected chi connectivity index (χ4v) is 4.16. The van der Waals surface area contributed by atoms with Crippen LogP contribution in [0.15, 0.2) is 0 Å².